The van der Waals surface area contributed by atoms with Crippen LogP contribution in [0.1, 0.15) is 45.4 Å². The third-order valence-corrected chi connectivity index (χ3v) is 5.67. The molecule has 0 aromatic carbocycles. The first-order valence-corrected chi connectivity index (χ1v) is 8.59. The summed E-state index contributed by atoms with van der Waals surface area (Å²) in [6.45, 7) is 1.35. The van der Waals surface area contributed by atoms with Crippen molar-refractivity contribution in [3.05, 3.63) is 0 Å². The summed E-state index contributed by atoms with van der Waals surface area (Å²) >= 11 is -2.25. The number of aliphatic carboxylic acids is 1. The number of carboxylic acids is 1. The summed E-state index contributed by atoms with van der Waals surface area (Å²) in [5, 5.41) is 8.16. The van der Waals surface area contributed by atoms with E-state index in [1.807, 2.05) is 0 Å². The van der Waals surface area contributed by atoms with Crippen molar-refractivity contribution in [2.24, 2.45) is 29.4 Å². The Morgan fingerprint density at radius 1 is 1.30 bits per heavy atom. The van der Waals surface area contributed by atoms with Gasteiger partial charge in [0.15, 0.2) is 0 Å². The standard InChI is InChI=1S/C10H17N.C4H8O4S/c11-10-4-7-1-8(5-10)3-9(2-7)6-10;1-3(4(5)6)2-9(7)8/h7-9H,1-6,11H2;3H,2H2,1H3,(H,5,6)(H,7,8)/p-1. The Morgan fingerprint density at radius 2 is 1.70 bits per heavy atom. The van der Waals surface area contributed by atoms with E-state index in [2.05, 4.69) is 0 Å². The molecule has 4 rings (SSSR count). The molecule has 0 aromatic rings. The summed E-state index contributed by atoms with van der Waals surface area (Å²) < 4.78 is 19.7. The van der Waals surface area contributed by atoms with Crippen molar-refractivity contribution in [1.82, 2.24) is 0 Å². The summed E-state index contributed by atoms with van der Waals surface area (Å²) in [6.07, 6.45) is 8.57. The number of carbonyl (C=O) groups is 1. The van der Waals surface area contributed by atoms with Crippen molar-refractivity contribution in [2.45, 2.75) is 51.0 Å². The highest BCUT2D eigenvalue weighted by Crippen LogP contribution is 2.54. The zero-order valence-corrected chi connectivity index (χ0v) is 12.7. The van der Waals surface area contributed by atoms with Crippen molar-refractivity contribution in [2.75, 3.05) is 5.75 Å². The zero-order valence-electron chi connectivity index (χ0n) is 11.9. The van der Waals surface area contributed by atoms with Gasteiger partial charge in [-0.3, -0.25) is 9.00 Å². The number of hydrogen-bond donors (Lipinski definition) is 2. The Balaban J connectivity index is 0.000000152. The lowest BCUT2D eigenvalue weighted by Crippen LogP contribution is -2.55. The van der Waals surface area contributed by atoms with Crippen LogP contribution in [0.5, 0.6) is 0 Å². The fourth-order valence-electron chi connectivity index (χ4n) is 4.45. The lowest BCUT2D eigenvalue weighted by molar-refractivity contribution is -0.140. The van der Waals surface area contributed by atoms with Crippen LogP contribution in [0.15, 0.2) is 0 Å². The highest BCUT2D eigenvalue weighted by atomic mass is 32.2. The van der Waals surface area contributed by atoms with Crippen molar-refractivity contribution in [3.63, 3.8) is 0 Å². The van der Waals surface area contributed by atoms with Gasteiger partial charge in [-0.15, -0.1) is 0 Å². The van der Waals surface area contributed by atoms with E-state index in [-0.39, 0.29) is 5.75 Å². The van der Waals surface area contributed by atoms with Gasteiger partial charge in [0.25, 0.3) is 0 Å². The summed E-state index contributed by atoms with van der Waals surface area (Å²) in [5.41, 5.74) is 6.62. The number of nitrogens with two attached hydrogens (primary N) is 1. The fraction of sp³-hybridized carbons (Fsp3) is 0.929. The second kappa shape index (κ2) is 6.12. The highest BCUT2D eigenvalue weighted by Gasteiger charge is 2.48. The van der Waals surface area contributed by atoms with E-state index in [1.165, 1.54) is 45.4 Å². The Morgan fingerprint density at radius 3 is 1.90 bits per heavy atom. The smallest absolute Gasteiger partial charge is 0.307 e. The molecule has 0 saturated heterocycles. The minimum Gasteiger partial charge on any atom is -0.772 e. The molecule has 2 unspecified atom stereocenters. The van der Waals surface area contributed by atoms with Gasteiger partial charge in [0.1, 0.15) is 0 Å². The minimum absolute atomic E-state index is 0.300. The van der Waals surface area contributed by atoms with E-state index in [4.69, 9.17) is 10.8 Å². The van der Waals surface area contributed by atoms with Crippen molar-refractivity contribution in [1.29, 1.82) is 0 Å². The second-order valence-electron chi connectivity index (χ2n) is 6.99. The van der Waals surface area contributed by atoms with E-state index in [9.17, 15) is 13.6 Å². The number of carboxylic acid groups (broad SMARTS) is 1. The van der Waals surface area contributed by atoms with Crippen molar-refractivity contribution in [3.8, 4) is 0 Å². The maximum atomic E-state index is 9.96. The van der Waals surface area contributed by atoms with Gasteiger partial charge in [-0.05, 0) is 56.3 Å². The average Bonchev–Trinajstić information content (AvgIpc) is 2.24. The van der Waals surface area contributed by atoms with Crippen LogP contribution in [-0.2, 0) is 15.9 Å². The van der Waals surface area contributed by atoms with Gasteiger partial charge < -0.3 is 15.4 Å². The summed E-state index contributed by atoms with van der Waals surface area (Å²) in [5.74, 6) is 0.862. The predicted molar refractivity (Wildman–Crippen MR) is 75.7 cm³/mol. The number of rotatable bonds is 3. The maximum absolute atomic E-state index is 9.96. The van der Waals surface area contributed by atoms with Crippen LogP contribution in [0, 0.1) is 23.7 Å². The summed E-state index contributed by atoms with van der Waals surface area (Å²) in [6, 6.07) is 0. The van der Waals surface area contributed by atoms with Crippen LogP contribution < -0.4 is 5.73 Å². The molecule has 4 aliphatic rings. The van der Waals surface area contributed by atoms with Gasteiger partial charge in [-0.25, -0.2) is 0 Å². The highest BCUT2D eigenvalue weighted by molar-refractivity contribution is 7.79. The molecule has 6 heteroatoms. The van der Waals surface area contributed by atoms with Gasteiger partial charge in [-0.1, -0.05) is 18.0 Å². The molecule has 0 heterocycles. The first-order valence-electron chi connectivity index (χ1n) is 7.35. The minimum atomic E-state index is -2.25. The Hall–Kier alpha value is -0.460. The van der Waals surface area contributed by atoms with Crippen LogP contribution in [-0.4, -0.2) is 31.1 Å². The molecule has 4 aliphatic carbocycles. The second-order valence-corrected chi connectivity index (χ2v) is 7.93. The molecule has 3 N–H and O–H groups in total. The molecule has 4 fully saturated rings. The molecule has 0 spiro atoms. The number of hydrogen-bond acceptors (Lipinski definition) is 4. The summed E-state index contributed by atoms with van der Waals surface area (Å²) in [7, 11) is 0. The van der Waals surface area contributed by atoms with Gasteiger partial charge in [-0.2, -0.15) is 0 Å². The lowest BCUT2D eigenvalue weighted by Gasteiger charge is -2.55. The molecular formula is C14H24NO4S-. The Bertz CT molecular complexity index is 363. The van der Waals surface area contributed by atoms with E-state index in [0.29, 0.717) is 5.54 Å². The topological polar surface area (TPSA) is 103 Å². The molecule has 4 saturated carbocycles. The van der Waals surface area contributed by atoms with E-state index < -0.39 is 23.0 Å². The van der Waals surface area contributed by atoms with Crippen LogP contribution in [0.3, 0.4) is 0 Å². The normalized spacial score (nSPS) is 40.6. The predicted octanol–water partition coefficient (Wildman–Crippen LogP) is 1.50. The monoisotopic (exact) mass is 302 g/mol. The molecule has 0 radical (unpaired) electrons. The maximum Gasteiger partial charge on any atom is 0.307 e. The Labute approximate surface area is 122 Å². The van der Waals surface area contributed by atoms with E-state index in [0.717, 1.165) is 17.8 Å². The van der Waals surface area contributed by atoms with Crippen LogP contribution in [0.2, 0.25) is 0 Å². The molecule has 0 aliphatic heterocycles. The van der Waals surface area contributed by atoms with E-state index >= 15 is 0 Å². The SMILES string of the molecule is CC(CS(=O)[O-])C(=O)O.NC12CC3CC(CC(C3)C1)C2. The first kappa shape index (κ1) is 15.9. The summed E-state index contributed by atoms with van der Waals surface area (Å²) in [4.78, 5) is 9.96. The van der Waals surface area contributed by atoms with Gasteiger partial charge >= 0.3 is 5.97 Å². The van der Waals surface area contributed by atoms with Crippen LogP contribution in [0.4, 0.5) is 0 Å². The quantitative estimate of drug-likeness (QED) is 0.769. The van der Waals surface area contributed by atoms with Crippen molar-refractivity contribution >= 4 is 17.0 Å². The average molecular weight is 302 g/mol. The Kier molecular flexibility index (Phi) is 4.87. The fourth-order valence-corrected chi connectivity index (χ4v) is 5.00. The van der Waals surface area contributed by atoms with Crippen LogP contribution in [0.25, 0.3) is 0 Å². The zero-order chi connectivity index (χ0) is 14.9. The largest absolute Gasteiger partial charge is 0.772 e. The molecule has 20 heavy (non-hydrogen) atoms. The molecule has 0 amide bonds. The third-order valence-electron chi connectivity index (χ3n) is 4.89. The van der Waals surface area contributed by atoms with E-state index in [1.54, 1.807) is 0 Å². The van der Waals surface area contributed by atoms with Crippen molar-refractivity contribution < 1.29 is 18.7 Å². The molecule has 0 aromatic heterocycles. The van der Waals surface area contributed by atoms with Gasteiger partial charge in [0.05, 0.1) is 5.92 Å². The molecule has 2 atom stereocenters. The lowest BCUT2D eigenvalue weighted by atomic mass is 9.53. The molecule has 116 valence electrons. The van der Waals surface area contributed by atoms with Gasteiger partial charge in [0, 0.05) is 11.3 Å². The first-order chi connectivity index (χ1) is 9.27. The molecule has 5 nitrogen and oxygen atoms in total. The molecular weight excluding hydrogens is 278 g/mol. The molecule has 4 bridgehead atoms. The van der Waals surface area contributed by atoms with Crippen LogP contribution >= 0.6 is 0 Å². The van der Waals surface area contributed by atoms with Gasteiger partial charge in [0.2, 0.25) is 0 Å². The third kappa shape index (κ3) is 4.02.